The van der Waals surface area contributed by atoms with Crippen LogP contribution < -0.4 is 5.32 Å². The van der Waals surface area contributed by atoms with Crippen molar-refractivity contribution in [3.8, 4) is 0 Å². The number of hydrogen-bond donors (Lipinski definition) is 3. The summed E-state index contributed by atoms with van der Waals surface area (Å²) in [5, 5.41) is 21.7. The predicted molar refractivity (Wildman–Crippen MR) is 88.1 cm³/mol. The molecule has 1 heterocycles. The van der Waals surface area contributed by atoms with Crippen LogP contribution in [-0.2, 0) is 16.1 Å². The van der Waals surface area contributed by atoms with E-state index in [0.29, 0.717) is 4.60 Å². The molecule has 126 valence electrons. The van der Waals surface area contributed by atoms with Crippen molar-refractivity contribution >= 4 is 28.0 Å². The zero-order valence-electron chi connectivity index (χ0n) is 12.4. The van der Waals surface area contributed by atoms with Crippen LogP contribution in [0.4, 0.5) is 4.79 Å². The van der Waals surface area contributed by atoms with E-state index in [1.165, 1.54) is 12.3 Å². The van der Waals surface area contributed by atoms with Crippen LogP contribution in [-0.4, -0.2) is 33.3 Å². The highest BCUT2D eigenvalue weighted by molar-refractivity contribution is 9.10. The molecule has 1 amide bonds. The van der Waals surface area contributed by atoms with E-state index >= 15 is 0 Å². The number of aliphatic hydroxyl groups is 1. The van der Waals surface area contributed by atoms with E-state index in [0.717, 1.165) is 5.56 Å². The molecule has 2 aromatic rings. The van der Waals surface area contributed by atoms with Gasteiger partial charge in [-0.2, -0.15) is 0 Å². The summed E-state index contributed by atoms with van der Waals surface area (Å²) in [7, 11) is 0. The molecule has 0 spiro atoms. The molecule has 24 heavy (non-hydrogen) atoms. The number of aliphatic carboxylic acids is 1. The van der Waals surface area contributed by atoms with E-state index in [1.54, 1.807) is 30.3 Å². The number of nitrogens with zero attached hydrogens (tertiary/aromatic N) is 1. The number of alkyl carbamates (subject to hydrolysis) is 1. The van der Waals surface area contributed by atoms with Crippen molar-refractivity contribution in [2.75, 3.05) is 0 Å². The quantitative estimate of drug-likeness (QED) is 0.648. The van der Waals surface area contributed by atoms with Crippen molar-refractivity contribution in [1.29, 1.82) is 0 Å². The molecule has 1 aromatic carbocycles. The number of carbonyl (C=O) groups is 2. The number of rotatable bonds is 6. The lowest BCUT2D eigenvalue weighted by molar-refractivity contribution is -0.142. The Bertz CT molecular complexity index is 711. The number of carboxylic acid groups (broad SMARTS) is 1. The Morgan fingerprint density at radius 3 is 2.54 bits per heavy atom. The van der Waals surface area contributed by atoms with Gasteiger partial charge >= 0.3 is 12.1 Å². The second-order valence-electron chi connectivity index (χ2n) is 4.85. The van der Waals surface area contributed by atoms with Gasteiger partial charge in [0.05, 0.1) is 0 Å². The molecule has 1 aromatic heterocycles. The third kappa shape index (κ3) is 4.77. The van der Waals surface area contributed by atoms with Gasteiger partial charge in [-0.05, 0) is 27.6 Å². The number of pyridine rings is 1. The van der Waals surface area contributed by atoms with Crippen LogP contribution in [0.5, 0.6) is 0 Å². The average molecular weight is 395 g/mol. The summed E-state index contributed by atoms with van der Waals surface area (Å²) in [5.41, 5.74) is 1.00. The van der Waals surface area contributed by atoms with E-state index in [2.05, 4.69) is 26.2 Å². The van der Waals surface area contributed by atoms with E-state index in [-0.39, 0.29) is 12.2 Å². The first-order valence-electron chi connectivity index (χ1n) is 6.97. The third-order valence-electron chi connectivity index (χ3n) is 3.17. The van der Waals surface area contributed by atoms with Crippen molar-refractivity contribution in [1.82, 2.24) is 10.3 Å². The number of hydrogen-bond acceptors (Lipinski definition) is 5. The lowest BCUT2D eigenvalue weighted by Gasteiger charge is -2.21. The molecule has 0 fully saturated rings. The van der Waals surface area contributed by atoms with Crippen molar-refractivity contribution in [3.63, 3.8) is 0 Å². The second kappa shape index (κ2) is 8.42. The highest BCUT2D eigenvalue weighted by Crippen LogP contribution is 2.23. The van der Waals surface area contributed by atoms with Gasteiger partial charge in [0, 0.05) is 11.8 Å². The molecule has 3 N–H and O–H groups in total. The highest BCUT2D eigenvalue weighted by atomic mass is 79.9. The molecule has 7 nitrogen and oxygen atoms in total. The molecule has 0 unspecified atom stereocenters. The number of amides is 1. The van der Waals surface area contributed by atoms with Gasteiger partial charge in [0.1, 0.15) is 17.3 Å². The molecule has 8 heteroatoms. The van der Waals surface area contributed by atoms with E-state index in [9.17, 15) is 19.8 Å². The third-order valence-corrected chi connectivity index (χ3v) is 3.84. The lowest BCUT2D eigenvalue weighted by atomic mass is 10.0. The van der Waals surface area contributed by atoms with Gasteiger partial charge in [-0.1, -0.05) is 36.4 Å². The molecule has 0 saturated carbocycles. The van der Waals surface area contributed by atoms with Gasteiger partial charge in [-0.25, -0.2) is 14.6 Å². The number of nitrogens with one attached hydrogen (secondary N) is 1. The minimum Gasteiger partial charge on any atom is -0.480 e. The van der Waals surface area contributed by atoms with E-state index in [4.69, 9.17) is 4.74 Å². The molecular formula is C16H15BrN2O5. The topological polar surface area (TPSA) is 109 Å². The molecule has 0 aliphatic carbocycles. The fourth-order valence-corrected chi connectivity index (χ4v) is 2.45. The maximum Gasteiger partial charge on any atom is 0.408 e. The average Bonchev–Trinajstić information content (AvgIpc) is 2.58. The summed E-state index contributed by atoms with van der Waals surface area (Å²) < 4.78 is 5.27. The number of aliphatic hydroxyl groups excluding tert-OH is 1. The fourth-order valence-electron chi connectivity index (χ4n) is 1.97. The predicted octanol–water partition coefficient (Wildman–Crippen LogP) is 2.26. The first-order valence-corrected chi connectivity index (χ1v) is 7.77. The number of ether oxygens (including phenoxy) is 1. The van der Waals surface area contributed by atoms with Crippen molar-refractivity contribution in [3.05, 3.63) is 64.4 Å². The summed E-state index contributed by atoms with van der Waals surface area (Å²) in [5.74, 6) is -1.39. The molecule has 0 aliphatic heterocycles. The van der Waals surface area contributed by atoms with Crippen molar-refractivity contribution < 1.29 is 24.5 Å². The standard InChI is InChI=1S/C16H15BrN2O5/c17-14-11(7-4-8-18-14)13(20)12(15(21)22)19-16(23)24-9-10-5-2-1-3-6-10/h1-8,12-13,20H,9H2,(H,19,23)(H,21,22)/t12-,13-/m0/s1. The number of aromatic nitrogens is 1. The summed E-state index contributed by atoms with van der Waals surface area (Å²) in [6.45, 7) is -0.00824. The molecule has 0 aliphatic rings. The number of benzene rings is 1. The van der Waals surface area contributed by atoms with Gasteiger partial charge in [-0.15, -0.1) is 0 Å². The van der Waals surface area contributed by atoms with Crippen LogP contribution in [0.3, 0.4) is 0 Å². The first-order chi connectivity index (χ1) is 11.5. The van der Waals surface area contributed by atoms with Crippen LogP contribution in [0.25, 0.3) is 0 Å². The van der Waals surface area contributed by atoms with E-state index < -0.39 is 24.2 Å². The van der Waals surface area contributed by atoms with Crippen LogP contribution >= 0.6 is 15.9 Å². The summed E-state index contributed by atoms with van der Waals surface area (Å²) in [4.78, 5) is 27.1. The Balaban J connectivity index is 2.01. The van der Waals surface area contributed by atoms with Gasteiger partial charge in [0.25, 0.3) is 0 Å². The Morgan fingerprint density at radius 2 is 1.92 bits per heavy atom. The fraction of sp³-hybridized carbons (Fsp3) is 0.188. The Hall–Kier alpha value is -2.45. The van der Waals surface area contributed by atoms with Crippen LogP contribution in [0.2, 0.25) is 0 Å². The van der Waals surface area contributed by atoms with E-state index in [1.807, 2.05) is 6.07 Å². The highest BCUT2D eigenvalue weighted by Gasteiger charge is 2.31. The molecule has 0 radical (unpaired) electrons. The molecule has 2 rings (SSSR count). The SMILES string of the molecule is O=C(N[C@H](C(=O)O)[C@@H](O)c1cccnc1Br)OCc1ccccc1. The summed E-state index contributed by atoms with van der Waals surface area (Å²) in [6.07, 6.45) is -0.947. The molecule has 0 bridgehead atoms. The lowest BCUT2D eigenvalue weighted by Crippen LogP contribution is -2.45. The summed E-state index contributed by atoms with van der Waals surface area (Å²) in [6, 6.07) is 10.4. The van der Waals surface area contributed by atoms with Gasteiger partial charge < -0.3 is 20.3 Å². The normalized spacial score (nSPS) is 12.9. The Morgan fingerprint density at radius 1 is 1.21 bits per heavy atom. The Kier molecular flexibility index (Phi) is 6.28. The zero-order chi connectivity index (χ0) is 17.5. The number of halogens is 1. The second-order valence-corrected chi connectivity index (χ2v) is 5.60. The van der Waals surface area contributed by atoms with Gasteiger partial charge in [-0.3, -0.25) is 0 Å². The van der Waals surface area contributed by atoms with Crippen LogP contribution in [0.1, 0.15) is 17.2 Å². The van der Waals surface area contributed by atoms with Crippen molar-refractivity contribution in [2.24, 2.45) is 0 Å². The van der Waals surface area contributed by atoms with Gasteiger partial charge in [0.2, 0.25) is 0 Å². The molecule has 0 saturated heterocycles. The monoisotopic (exact) mass is 394 g/mol. The summed E-state index contributed by atoms with van der Waals surface area (Å²) >= 11 is 3.13. The smallest absolute Gasteiger partial charge is 0.408 e. The van der Waals surface area contributed by atoms with Crippen LogP contribution in [0, 0.1) is 0 Å². The van der Waals surface area contributed by atoms with Crippen LogP contribution in [0.15, 0.2) is 53.3 Å². The largest absolute Gasteiger partial charge is 0.480 e. The minimum absolute atomic E-state index is 0.00824. The van der Waals surface area contributed by atoms with Gasteiger partial charge in [0.15, 0.2) is 6.04 Å². The molecular weight excluding hydrogens is 380 g/mol. The van der Waals surface area contributed by atoms with Crippen molar-refractivity contribution in [2.45, 2.75) is 18.8 Å². The number of carbonyl (C=O) groups excluding carboxylic acids is 1. The zero-order valence-corrected chi connectivity index (χ0v) is 14.0. The minimum atomic E-state index is -1.58. The maximum absolute atomic E-state index is 11.8. The molecule has 2 atom stereocenters. The Labute approximate surface area is 146 Å². The first kappa shape index (κ1) is 17.9. The number of carboxylic acids is 1. The maximum atomic E-state index is 11.8.